The van der Waals surface area contributed by atoms with Crippen LogP contribution in [0.2, 0.25) is 0 Å². The number of hydrogen-bond acceptors (Lipinski definition) is 5. The average Bonchev–Trinajstić information content (AvgIpc) is 3.22. The van der Waals surface area contributed by atoms with Crippen molar-refractivity contribution in [3.63, 3.8) is 0 Å². The quantitative estimate of drug-likeness (QED) is 0.836. The van der Waals surface area contributed by atoms with Gasteiger partial charge in [0.1, 0.15) is 0 Å². The third-order valence-electron chi connectivity index (χ3n) is 4.19. The minimum absolute atomic E-state index is 0.0329. The summed E-state index contributed by atoms with van der Waals surface area (Å²) in [6.45, 7) is 0.928. The molecule has 2 aliphatic rings. The van der Waals surface area contributed by atoms with E-state index in [1.165, 1.54) is 4.31 Å². The predicted molar refractivity (Wildman–Crippen MR) is 79.8 cm³/mol. The first-order valence-corrected chi connectivity index (χ1v) is 8.98. The molecule has 22 heavy (non-hydrogen) atoms. The van der Waals surface area contributed by atoms with Crippen LogP contribution in [-0.2, 0) is 16.4 Å². The van der Waals surface area contributed by atoms with Crippen LogP contribution in [0.3, 0.4) is 0 Å². The largest absolute Gasteiger partial charge is 0.339 e. The van der Waals surface area contributed by atoms with Crippen LogP contribution in [0.25, 0.3) is 0 Å². The van der Waals surface area contributed by atoms with Crippen LogP contribution in [0.1, 0.15) is 36.0 Å². The van der Waals surface area contributed by atoms with E-state index in [0.717, 1.165) is 18.4 Å². The topological polar surface area (TPSA) is 76.3 Å². The Labute approximate surface area is 129 Å². The predicted octanol–water partition coefficient (Wildman–Crippen LogP) is 1.55. The Bertz CT molecular complexity index is 762. The molecule has 1 saturated heterocycles. The lowest BCUT2D eigenvalue weighted by atomic mass is 10.0. The molecule has 1 aromatic carbocycles. The summed E-state index contributed by atoms with van der Waals surface area (Å²) in [7, 11) is -3.07. The molecule has 0 amide bonds. The molecule has 4 rings (SSSR count). The maximum absolute atomic E-state index is 12.1. The first kappa shape index (κ1) is 13.9. The summed E-state index contributed by atoms with van der Waals surface area (Å²) in [4.78, 5) is 4.41. The fourth-order valence-electron chi connectivity index (χ4n) is 2.66. The molecule has 1 saturated carbocycles. The van der Waals surface area contributed by atoms with Crippen LogP contribution in [0, 0.1) is 0 Å². The van der Waals surface area contributed by atoms with Gasteiger partial charge in [0.2, 0.25) is 15.9 Å². The van der Waals surface area contributed by atoms with Gasteiger partial charge >= 0.3 is 0 Å². The molecule has 0 bridgehead atoms. The van der Waals surface area contributed by atoms with Crippen molar-refractivity contribution in [3.05, 3.63) is 47.6 Å². The van der Waals surface area contributed by atoms with Crippen LogP contribution in [0.5, 0.6) is 0 Å². The van der Waals surface area contributed by atoms with Gasteiger partial charge in [-0.3, -0.25) is 0 Å². The second kappa shape index (κ2) is 5.17. The number of aromatic nitrogens is 2. The third kappa shape index (κ3) is 2.55. The minimum atomic E-state index is -3.07. The van der Waals surface area contributed by atoms with Gasteiger partial charge in [0.25, 0.3) is 0 Å². The standard InChI is InChI=1S/C15H17N3O3S/c19-22(20,13-6-7-13)18-9-12(10-18)15-16-14(17-21-15)8-11-4-2-1-3-5-11/h1-5,12-13H,6-10H2. The van der Waals surface area contributed by atoms with Gasteiger partial charge in [-0.25, -0.2) is 8.42 Å². The highest BCUT2D eigenvalue weighted by atomic mass is 32.2. The molecule has 0 atom stereocenters. The van der Waals surface area contributed by atoms with Gasteiger partial charge in [-0.2, -0.15) is 9.29 Å². The summed E-state index contributed by atoms with van der Waals surface area (Å²) in [6.07, 6.45) is 2.22. The van der Waals surface area contributed by atoms with E-state index in [4.69, 9.17) is 4.52 Å². The fraction of sp³-hybridized carbons (Fsp3) is 0.467. The van der Waals surface area contributed by atoms with Crippen molar-refractivity contribution in [2.75, 3.05) is 13.1 Å². The Kier molecular flexibility index (Phi) is 3.27. The smallest absolute Gasteiger partial charge is 0.232 e. The Balaban J connectivity index is 1.39. The van der Waals surface area contributed by atoms with Crippen molar-refractivity contribution >= 4 is 10.0 Å². The van der Waals surface area contributed by atoms with Crippen molar-refractivity contribution in [2.24, 2.45) is 0 Å². The Hall–Kier alpha value is -1.73. The zero-order chi connectivity index (χ0) is 15.2. The summed E-state index contributed by atoms with van der Waals surface area (Å²) in [6, 6.07) is 9.95. The summed E-state index contributed by atoms with van der Waals surface area (Å²) >= 11 is 0. The van der Waals surface area contributed by atoms with Crippen LogP contribution in [-0.4, -0.2) is 41.2 Å². The van der Waals surface area contributed by atoms with E-state index in [1.54, 1.807) is 0 Å². The molecule has 116 valence electrons. The van der Waals surface area contributed by atoms with Crippen molar-refractivity contribution in [1.82, 2.24) is 14.4 Å². The van der Waals surface area contributed by atoms with E-state index < -0.39 is 10.0 Å². The monoisotopic (exact) mass is 319 g/mol. The van der Waals surface area contributed by atoms with Gasteiger partial charge < -0.3 is 4.52 Å². The van der Waals surface area contributed by atoms with Crippen molar-refractivity contribution in [3.8, 4) is 0 Å². The molecule has 7 heteroatoms. The number of benzene rings is 1. The van der Waals surface area contributed by atoms with Gasteiger partial charge in [-0.1, -0.05) is 35.5 Å². The maximum atomic E-state index is 12.1. The molecule has 1 aromatic heterocycles. The zero-order valence-corrected chi connectivity index (χ0v) is 12.9. The van der Waals surface area contributed by atoms with Crippen molar-refractivity contribution in [1.29, 1.82) is 0 Å². The minimum Gasteiger partial charge on any atom is -0.339 e. The summed E-state index contributed by atoms with van der Waals surface area (Å²) in [5, 5.41) is 3.85. The third-order valence-corrected chi connectivity index (χ3v) is 6.52. The highest BCUT2D eigenvalue weighted by Crippen LogP contribution is 2.36. The van der Waals surface area contributed by atoms with E-state index in [9.17, 15) is 8.42 Å². The Morgan fingerprint density at radius 2 is 1.91 bits per heavy atom. The molecule has 6 nitrogen and oxygen atoms in total. The fourth-order valence-corrected chi connectivity index (χ4v) is 4.59. The highest BCUT2D eigenvalue weighted by Gasteiger charge is 2.46. The normalized spacial score (nSPS) is 20.0. The van der Waals surface area contributed by atoms with Crippen LogP contribution in [0.4, 0.5) is 0 Å². The van der Waals surface area contributed by atoms with Crippen LogP contribution in [0.15, 0.2) is 34.9 Å². The highest BCUT2D eigenvalue weighted by molar-refractivity contribution is 7.90. The number of nitrogens with zero attached hydrogens (tertiary/aromatic N) is 3. The summed E-state index contributed by atoms with van der Waals surface area (Å²) in [5.74, 6) is 1.23. The average molecular weight is 319 g/mol. The molecule has 2 heterocycles. The number of hydrogen-bond donors (Lipinski definition) is 0. The lowest BCUT2D eigenvalue weighted by Gasteiger charge is -2.35. The maximum Gasteiger partial charge on any atom is 0.232 e. The second-order valence-electron chi connectivity index (χ2n) is 5.97. The van der Waals surface area contributed by atoms with E-state index in [1.807, 2.05) is 30.3 Å². The lowest BCUT2D eigenvalue weighted by Crippen LogP contribution is -2.49. The van der Waals surface area contributed by atoms with Crippen molar-refractivity contribution in [2.45, 2.75) is 30.4 Å². The molecule has 0 radical (unpaired) electrons. The van der Waals surface area contributed by atoms with E-state index in [0.29, 0.717) is 31.2 Å². The van der Waals surface area contributed by atoms with Crippen molar-refractivity contribution < 1.29 is 12.9 Å². The SMILES string of the molecule is O=S(=O)(C1CC1)N1CC(c2nc(Cc3ccccc3)no2)C1. The first-order valence-electron chi connectivity index (χ1n) is 7.48. The molecule has 1 aliphatic heterocycles. The molecular weight excluding hydrogens is 302 g/mol. The molecular formula is C15H17N3O3S. The molecule has 1 aliphatic carbocycles. The van der Waals surface area contributed by atoms with E-state index >= 15 is 0 Å². The van der Waals surface area contributed by atoms with Crippen LogP contribution < -0.4 is 0 Å². The second-order valence-corrected chi connectivity index (χ2v) is 8.18. The van der Waals surface area contributed by atoms with E-state index in [2.05, 4.69) is 10.1 Å². The molecule has 2 aromatic rings. The molecule has 0 unspecified atom stereocenters. The molecule has 2 fully saturated rings. The van der Waals surface area contributed by atoms with Gasteiger partial charge in [0.15, 0.2) is 5.82 Å². The summed E-state index contributed by atoms with van der Waals surface area (Å²) < 4.78 is 30.9. The first-order chi connectivity index (χ1) is 10.6. The van der Waals surface area contributed by atoms with Gasteiger partial charge in [0, 0.05) is 19.5 Å². The van der Waals surface area contributed by atoms with Gasteiger partial charge in [0.05, 0.1) is 11.2 Å². The molecule has 0 N–H and O–H groups in total. The Morgan fingerprint density at radius 3 is 2.59 bits per heavy atom. The van der Waals surface area contributed by atoms with E-state index in [-0.39, 0.29) is 11.2 Å². The van der Waals surface area contributed by atoms with Gasteiger partial charge in [-0.15, -0.1) is 0 Å². The zero-order valence-electron chi connectivity index (χ0n) is 12.1. The molecule has 0 spiro atoms. The summed E-state index contributed by atoms with van der Waals surface area (Å²) in [5.41, 5.74) is 1.13. The lowest BCUT2D eigenvalue weighted by molar-refractivity contribution is 0.216. The number of sulfonamides is 1. The Morgan fingerprint density at radius 1 is 1.18 bits per heavy atom. The van der Waals surface area contributed by atoms with Crippen LogP contribution >= 0.6 is 0 Å². The number of rotatable bonds is 5. The van der Waals surface area contributed by atoms with Gasteiger partial charge in [-0.05, 0) is 18.4 Å².